The lowest BCUT2D eigenvalue weighted by atomic mass is 10.1. The summed E-state index contributed by atoms with van der Waals surface area (Å²) >= 11 is 0. The van der Waals surface area contributed by atoms with Gasteiger partial charge in [0.1, 0.15) is 0 Å². The quantitative estimate of drug-likeness (QED) is 0.112. The van der Waals surface area contributed by atoms with E-state index in [1.165, 1.54) is 110 Å². The van der Waals surface area contributed by atoms with Gasteiger partial charge in [0.25, 0.3) is 0 Å². The second kappa shape index (κ2) is 23.2. The molecule has 0 aliphatic rings. The van der Waals surface area contributed by atoms with Gasteiger partial charge in [0, 0.05) is 0 Å². The van der Waals surface area contributed by atoms with Gasteiger partial charge in [-0.05, 0) is 52.9 Å². The second-order valence-corrected chi connectivity index (χ2v) is 8.27. The average molecular weight is 418 g/mol. The van der Waals surface area contributed by atoms with E-state index in [9.17, 15) is 0 Å². The fourth-order valence-corrected chi connectivity index (χ4v) is 3.65. The first kappa shape index (κ1) is 30.1. The first-order valence-electron chi connectivity index (χ1n) is 12.3. The summed E-state index contributed by atoms with van der Waals surface area (Å²) in [6.45, 7) is 14.5. The molecule has 0 saturated heterocycles. The van der Waals surface area contributed by atoms with E-state index in [2.05, 4.69) is 39.8 Å². The number of halogens is 1. The molecule has 0 aromatic carbocycles. The number of hydrogen-bond donors (Lipinski definition) is 0. The van der Waals surface area contributed by atoms with Crippen LogP contribution in [0.25, 0.3) is 0 Å². The molecule has 28 heavy (non-hydrogen) atoms. The summed E-state index contributed by atoms with van der Waals surface area (Å²) in [4.78, 5) is 0. The Morgan fingerprint density at radius 2 is 1.00 bits per heavy atom. The highest BCUT2D eigenvalue weighted by Gasteiger charge is 2.20. The van der Waals surface area contributed by atoms with Crippen LogP contribution in [0.1, 0.15) is 118 Å². The fraction of sp³-hybridized carbons (Fsp3) is 0.920. The van der Waals surface area contributed by atoms with Gasteiger partial charge in [-0.1, -0.05) is 76.9 Å². The molecule has 0 amide bonds. The van der Waals surface area contributed by atoms with Crippen LogP contribution in [-0.4, -0.2) is 37.5 Å². The Labute approximate surface area is 184 Å². The Kier molecular flexibility index (Phi) is 25.0. The van der Waals surface area contributed by atoms with Crippen LogP contribution < -0.4 is 12.4 Å². The van der Waals surface area contributed by atoms with Gasteiger partial charge >= 0.3 is 0 Å². The van der Waals surface area contributed by atoms with Crippen LogP contribution in [0.4, 0.5) is 0 Å². The lowest BCUT2D eigenvalue weighted by Crippen LogP contribution is -3.00. The van der Waals surface area contributed by atoms with Gasteiger partial charge in [-0.3, -0.25) is 0 Å². The molecule has 3 heteroatoms. The highest BCUT2D eigenvalue weighted by Crippen LogP contribution is 2.11. The van der Waals surface area contributed by atoms with Crippen molar-refractivity contribution >= 4 is 0 Å². The van der Waals surface area contributed by atoms with Crippen molar-refractivity contribution in [2.24, 2.45) is 0 Å². The van der Waals surface area contributed by atoms with Gasteiger partial charge in [0.05, 0.1) is 26.2 Å². The molecular weight excluding hydrogens is 366 g/mol. The molecule has 0 heterocycles. The summed E-state index contributed by atoms with van der Waals surface area (Å²) in [5.41, 5.74) is 0. The summed E-state index contributed by atoms with van der Waals surface area (Å²) in [5.74, 6) is 0. The monoisotopic (exact) mass is 417 g/mol. The Hall–Kier alpha value is -0.0500. The van der Waals surface area contributed by atoms with Gasteiger partial charge in [0.15, 0.2) is 6.73 Å². The van der Waals surface area contributed by atoms with Crippen LogP contribution in [0.3, 0.4) is 0 Å². The molecule has 0 radical (unpaired) electrons. The number of unbranched alkanes of at least 4 members (excludes halogenated alkanes) is 12. The van der Waals surface area contributed by atoms with Crippen molar-refractivity contribution in [1.29, 1.82) is 0 Å². The maximum absolute atomic E-state index is 5.95. The fourth-order valence-electron chi connectivity index (χ4n) is 3.65. The lowest BCUT2D eigenvalue weighted by molar-refractivity contribution is -0.941. The zero-order chi connectivity index (χ0) is 20.1. The van der Waals surface area contributed by atoms with Crippen LogP contribution in [-0.2, 0) is 4.74 Å². The van der Waals surface area contributed by atoms with Crippen molar-refractivity contribution < 1.29 is 21.6 Å². The SMILES string of the molecule is CCCCCCCC/C=C\CCCCCCCCOC[N+](CC)(CC)CC.[Cl-]. The Bertz CT molecular complexity index is 307. The number of quaternary nitrogens is 1. The number of rotatable bonds is 21. The molecule has 0 aliphatic heterocycles. The average Bonchev–Trinajstić information content (AvgIpc) is 2.70. The van der Waals surface area contributed by atoms with E-state index < -0.39 is 0 Å². The molecule has 0 fully saturated rings. The largest absolute Gasteiger partial charge is 1.00 e. The third-order valence-corrected chi connectivity index (χ3v) is 6.18. The standard InChI is InChI=1S/C25H52NO.ClH/c1-5-9-10-11-12-13-14-15-16-17-18-19-20-21-22-23-24-27-25-26(6-2,7-3)8-4;/h15-16H,5-14,17-25H2,1-4H3;1H/q+1;/p-1/b16-15-;. The van der Waals surface area contributed by atoms with E-state index >= 15 is 0 Å². The van der Waals surface area contributed by atoms with Crippen LogP contribution in [0.2, 0.25) is 0 Å². The zero-order valence-electron chi connectivity index (χ0n) is 19.8. The smallest absolute Gasteiger partial charge is 0.183 e. The molecule has 0 rings (SSSR count). The molecule has 0 aliphatic carbocycles. The number of allylic oxidation sites excluding steroid dienone is 2. The molecular formula is C25H52ClNO. The maximum atomic E-state index is 5.95. The highest BCUT2D eigenvalue weighted by molar-refractivity contribution is 4.81. The van der Waals surface area contributed by atoms with Gasteiger partial charge in [-0.2, -0.15) is 0 Å². The minimum atomic E-state index is 0. The summed E-state index contributed by atoms with van der Waals surface area (Å²) in [7, 11) is 0. The van der Waals surface area contributed by atoms with E-state index in [0.29, 0.717) is 0 Å². The molecule has 0 N–H and O–H groups in total. The Morgan fingerprint density at radius 1 is 0.571 bits per heavy atom. The van der Waals surface area contributed by atoms with E-state index in [1.807, 2.05) is 0 Å². The van der Waals surface area contributed by atoms with Crippen LogP contribution in [0.15, 0.2) is 12.2 Å². The van der Waals surface area contributed by atoms with Crippen molar-refractivity contribution in [1.82, 2.24) is 0 Å². The minimum Gasteiger partial charge on any atom is -1.00 e. The van der Waals surface area contributed by atoms with Gasteiger partial charge in [0.2, 0.25) is 0 Å². The van der Waals surface area contributed by atoms with Crippen LogP contribution in [0.5, 0.6) is 0 Å². The van der Waals surface area contributed by atoms with Gasteiger partial charge in [-0.25, -0.2) is 0 Å². The Morgan fingerprint density at radius 3 is 1.46 bits per heavy atom. The lowest BCUT2D eigenvalue weighted by Gasteiger charge is -2.35. The van der Waals surface area contributed by atoms with Crippen LogP contribution >= 0.6 is 0 Å². The third kappa shape index (κ3) is 18.0. The van der Waals surface area contributed by atoms with Crippen molar-refractivity contribution in [2.75, 3.05) is 33.0 Å². The normalized spacial score (nSPS) is 11.9. The number of nitrogens with zero attached hydrogens (tertiary/aromatic N) is 1. The van der Waals surface area contributed by atoms with E-state index in [-0.39, 0.29) is 12.4 Å². The molecule has 0 aromatic rings. The summed E-state index contributed by atoms with van der Waals surface area (Å²) in [6.07, 6.45) is 23.9. The topological polar surface area (TPSA) is 9.23 Å². The van der Waals surface area contributed by atoms with E-state index in [1.54, 1.807) is 0 Å². The second-order valence-electron chi connectivity index (χ2n) is 8.27. The van der Waals surface area contributed by atoms with Crippen molar-refractivity contribution in [2.45, 2.75) is 118 Å². The predicted molar refractivity (Wildman–Crippen MR) is 122 cm³/mol. The first-order chi connectivity index (χ1) is 13.2. The minimum absolute atomic E-state index is 0. The van der Waals surface area contributed by atoms with Gasteiger partial charge in [-0.15, -0.1) is 0 Å². The number of hydrogen-bond acceptors (Lipinski definition) is 1. The van der Waals surface area contributed by atoms with Gasteiger partial charge < -0.3 is 21.6 Å². The molecule has 0 unspecified atom stereocenters. The summed E-state index contributed by atoms with van der Waals surface area (Å²) in [6, 6.07) is 0. The highest BCUT2D eigenvalue weighted by atomic mass is 35.5. The first-order valence-corrected chi connectivity index (χ1v) is 12.3. The molecule has 0 saturated carbocycles. The molecule has 0 aromatic heterocycles. The Balaban J connectivity index is 0. The molecule has 2 nitrogen and oxygen atoms in total. The summed E-state index contributed by atoms with van der Waals surface area (Å²) in [5, 5.41) is 0. The van der Waals surface area contributed by atoms with Crippen molar-refractivity contribution in [3.63, 3.8) is 0 Å². The maximum Gasteiger partial charge on any atom is 0.183 e. The molecule has 170 valence electrons. The van der Waals surface area contributed by atoms with E-state index in [0.717, 1.165) is 17.8 Å². The third-order valence-electron chi connectivity index (χ3n) is 6.18. The molecule has 0 bridgehead atoms. The molecule has 0 atom stereocenters. The van der Waals surface area contributed by atoms with E-state index in [4.69, 9.17) is 4.74 Å². The molecule has 0 spiro atoms. The van der Waals surface area contributed by atoms with Crippen molar-refractivity contribution in [3.8, 4) is 0 Å². The zero-order valence-corrected chi connectivity index (χ0v) is 20.6. The number of ether oxygens (including phenoxy) is 1. The van der Waals surface area contributed by atoms with Crippen LogP contribution in [0, 0.1) is 0 Å². The summed E-state index contributed by atoms with van der Waals surface area (Å²) < 4.78 is 7.06. The van der Waals surface area contributed by atoms with Crippen molar-refractivity contribution in [3.05, 3.63) is 12.2 Å². The predicted octanol–water partition coefficient (Wildman–Crippen LogP) is 4.88.